The number of nitrogens with one attached hydrogen (secondary N) is 1. The lowest BCUT2D eigenvalue weighted by Crippen LogP contribution is -2.42. The van der Waals surface area contributed by atoms with Crippen LogP contribution in [0.25, 0.3) is 0 Å². The van der Waals surface area contributed by atoms with Crippen molar-refractivity contribution in [2.45, 2.75) is 31.7 Å². The molecule has 7 nitrogen and oxygen atoms in total. The molecule has 0 bridgehead atoms. The molecule has 3 heterocycles. The smallest absolute Gasteiger partial charge is 0.147 e. The fourth-order valence-electron chi connectivity index (χ4n) is 4.38. The second-order valence-corrected chi connectivity index (χ2v) is 8.11. The van der Waals surface area contributed by atoms with E-state index in [4.69, 9.17) is 5.26 Å². The summed E-state index contributed by atoms with van der Waals surface area (Å²) in [6.45, 7) is 3.39. The van der Waals surface area contributed by atoms with E-state index in [1.165, 1.54) is 6.07 Å². The number of benzene rings is 1. The molecule has 0 saturated carbocycles. The van der Waals surface area contributed by atoms with Crippen molar-refractivity contribution in [1.82, 2.24) is 9.97 Å². The molecule has 158 valence electrons. The molecule has 2 N–H and O–H groups in total. The first-order valence-electron chi connectivity index (χ1n) is 10.5. The molecule has 2 aromatic rings. The maximum Gasteiger partial charge on any atom is 0.147 e. The molecule has 1 aromatic heterocycles. The van der Waals surface area contributed by atoms with Gasteiger partial charge in [-0.25, -0.2) is 14.4 Å². The Morgan fingerprint density at radius 2 is 1.97 bits per heavy atom. The third-order valence-electron chi connectivity index (χ3n) is 5.94. The highest BCUT2D eigenvalue weighted by atomic mass is 19.1. The Balaban J connectivity index is 1.42. The molecule has 8 heteroatoms. The minimum Gasteiger partial charge on any atom is -0.396 e. The van der Waals surface area contributed by atoms with E-state index in [1.54, 1.807) is 18.5 Å². The highest BCUT2D eigenvalue weighted by molar-refractivity contribution is 5.53. The van der Waals surface area contributed by atoms with Gasteiger partial charge in [0.25, 0.3) is 0 Å². The van der Waals surface area contributed by atoms with Gasteiger partial charge in [0, 0.05) is 44.9 Å². The van der Waals surface area contributed by atoms with Crippen molar-refractivity contribution in [3.8, 4) is 6.07 Å². The summed E-state index contributed by atoms with van der Waals surface area (Å²) in [5.41, 5.74) is 0.866. The molecule has 1 aromatic carbocycles. The van der Waals surface area contributed by atoms with E-state index in [2.05, 4.69) is 20.2 Å². The van der Waals surface area contributed by atoms with Gasteiger partial charge in [-0.3, -0.25) is 0 Å². The molecule has 0 aliphatic carbocycles. The number of rotatable bonds is 5. The number of hydrogen-bond acceptors (Lipinski definition) is 7. The van der Waals surface area contributed by atoms with Gasteiger partial charge in [-0.1, -0.05) is 0 Å². The predicted molar refractivity (Wildman–Crippen MR) is 114 cm³/mol. The number of nitriles is 1. The van der Waals surface area contributed by atoms with Gasteiger partial charge in [-0.15, -0.1) is 0 Å². The van der Waals surface area contributed by atoms with E-state index < -0.39 is 0 Å². The van der Waals surface area contributed by atoms with Crippen molar-refractivity contribution in [1.29, 1.82) is 5.26 Å². The van der Waals surface area contributed by atoms with E-state index in [0.29, 0.717) is 23.7 Å². The first kappa shape index (κ1) is 20.4. The molecule has 2 fully saturated rings. The van der Waals surface area contributed by atoms with Crippen LogP contribution in [-0.2, 0) is 0 Å². The minimum atomic E-state index is -0.359. The Hall–Kier alpha value is -2.92. The van der Waals surface area contributed by atoms with Gasteiger partial charge in [0.1, 0.15) is 23.8 Å². The Kier molecular flexibility index (Phi) is 6.29. The molecule has 0 radical (unpaired) electrons. The Labute approximate surface area is 176 Å². The van der Waals surface area contributed by atoms with E-state index >= 15 is 0 Å². The lowest BCUT2D eigenvalue weighted by Gasteiger charge is -2.35. The monoisotopic (exact) mass is 410 g/mol. The largest absolute Gasteiger partial charge is 0.396 e. The fraction of sp³-hybridized carbons (Fsp3) is 0.500. The third-order valence-corrected chi connectivity index (χ3v) is 5.94. The minimum absolute atomic E-state index is 0.142. The van der Waals surface area contributed by atoms with Crippen LogP contribution >= 0.6 is 0 Å². The number of anilines is 3. The van der Waals surface area contributed by atoms with Crippen LogP contribution in [0.2, 0.25) is 0 Å². The maximum absolute atomic E-state index is 14.4. The van der Waals surface area contributed by atoms with Crippen molar-refractivity contribution in [2.24, 2.45) is 5.92 Å². The molecule has 30 heavy (non-hydrogen) atoms. The molecule has 0 spiro atoms. The summed E-state index contributed by atoms with van der Waals surface area (Å²) in [6, 6.07) is 8.71. The fourth-order valence-corrected chi connectivity index (χ4v) is 4.38. The number of nitrogens with zero attached hydrogens (tertiary/aromatic N) is 5. The molecule has 2 aliphatic heterocycles. The van der Waals surface area contributed by atoms with Gasteiger partial charge in [-0.05, 0) is 49.8 Å². The van der Waals surface area contributed by atoms with Gasteiger partial charge >= 0.3 is 0 Å². The van der Waals surface area contributed by atoms with E-state index in [-0.39, 0.29) is 18.5 Å². The van der Waals surface area contributed by atoms with Crippen LogP contribution in [0.5, 0.6) is 0 Å². The van der Waals surface area contributed by atoms with E-state index in [1.807, 2.05) is 17.0 Å². The number of halogens is 1. The van der Waals surface area contributed by atoms with Crippen molar-refractivity contribution in [3.63, 3.8) is 0 Å². The van der Waals surface area contributed by atoms with Crippen molar-refractivity contribution < 1.29 is 9.50 Å². The third kappa shape index (κ3) is 4.62. The van der Waals surface area contributed by atoms with Crippen LogP contribution in [0.15, 0.2) is 30.6 Å². The zero-order valence-corrected chi connectivity index (χ0v) is 17.0. The first-order chi connectivity index (χ1) is 14.7. The number of aliphatic hydroxyl groups excluding tert-OH is 1. The Morgan fingerprint density at radius 1 is 1.13 bits per heavy atom. The van der Waals surface area contributed by atoms with Gasteiger partial charge in [0.15, 0.2) is 0 Å². The van der Waals surface area contributed by atoms with Crippen LogP contribution in [0.4, 0.5) is 21.7 Å². The summed E-state index contributed by atoms with van der Waals surface area (Å²) in [7, 11) is 0. The molecule has 0 amide bonds. The summed E-state index contributed by atoms with van der Waals surface area (Å²) in [5.74, 6) is 1.57. The zero-order valence-electron chi connectivity index (χ0n) is 17.0. The quantitative estimate of drug-likeness (QED) is 0.784. The second-order valence-electron chi connectivity index (χ2n) is 8.11. The second kappa shape index (κ2) is 9.26. The zero-order chi connectivity index (χ0) is 20.9. The van der Waals surface area contributed by atoms with E-state index in [0.717, 1.165) is 57.0 Å². The van der Waals surface area contributed by atoms with Crippen LogP contribution < -0.4 is 15.1 Å². The highest BCUT2D eigenvalue weighted by Gasteiger charge is 2.24. The topological polar surface area (TPSA) is 88.3 Å². The molecule has 2 unspecified atom stereocenters. The van der Waals surface area contributed by atoms with Gasteiger partial charge in [-0.2, -0.15) is 5.26 Å². The number of aromatic nitrogens is 2. The predicted octanol–water partition coefficient (Wildman–Crippen LogP) is 2.78. The summed E-state index contributed by atoms with van der Waals surface area (Å²) in [6.07, 6.45) is 5.59. The molecular formula is C22H27FN6O. The van der Waals surface area contributed by atoms with Crippen molar-refractivity contribution in [2.75, 3.05) is 47.9 Å². The number of hydrogen-bond donors (Lipinski definition) is 2. The van der Waals surface area contributed by atoms with Crippen LogP contribution in [0, 0.1) is 23.1 Å². The SMILES string of the molecule is N#Cc1ccc(N2CCCC(Nc3cc(N4CCCC(CO)C4)ncn3)C2)c(F)c1. The standard InChI is InChI=1S/C22H27FN6O/c23-19-9-16(11-24)5-6-20(19)28-7-2-4-18(13-28)27-21-10-22(26-15-25-21)29-8-1-3-17(12-29)14-30/h5-6,9-10,15,17-18,30H,1-4,7-8,12-14H2,(H,25,26,27). The van der Waals surface area contributed by atoms with Crippen molar-refractivity contribution in [3.05, 3.63) is 42.0 Å². The average molecular weight is 410 g/mol. The lowest BCUT2D eigenvalue weighted by molar-refractivity contribution is 0.208. The summed E-state index contributed by atoms with van der Waals surface area (Å²) in [5, 5.41) is 21.9. The number of piperidine rings is 2. The van der Waals surface area contributed by atoms with Crippen LogP contribution in [-0.4, -0.2) is 53.9 Å². The first-order valence-corrected chi connectivity index (χ1v) is 10.5. The normalized spacial score (nSPS) is 21.9. The Morgan fingerprint density at radius 3 is 2.77 bits per heavy atom. The highest BCUT2D eigenvalue weighted by Crippen LogP contribution is 2.26. The van der Waals surface area contributed by atoms with Gasteiger partial charge < -0.3 is 20.2 Å². The summed E-state index contributed by atoms with van der Waals surface area (Å²) < 4.78 is 14.4. The lowest BCUT2D eigenvalue weighted by atomic mass is 9.99. The molecule has 2 saturated heterocycles. The van der Waals surface area contributed by atoms with Crippen molar-refractivity contribution >= 4 is 17.3 Å². The molecular weight excluding hydrogens is 383 g/mol. The van der Waals surface area contributed by atoms with Crippen LogP contribution in [0.1, 0.15) is 31.2 Å². The number of aliphatic hydroxyl groups is 1. The molecule has 2 aliphatic rings. The molecule has 4 rings (SSSR count). The molecule has 2 atom stereocenters. The van der Waals surface area contributed by atoms with Crippen LogP contribution in [0.3, 0.4) is 0 Å². The van der Waals surface area contributed by atoms with Gasteiger partial charge in [0.05, 0.1) is 17.3 Å². The summed E-state index contributed by atoms with van der Waals surface area (Å²) >= 11 is 0. The summed E-state index contributed by atoms with van der Waals surface area (Å²) in [4.78, 5) is 13.0. The van der Waals surface area contributed by atoms with E-state index in [9.17, 15) is 9.50 Å². The van der Waals surface area contributed by atoms with Gasteiger partial charge in [0.2, 0.25) is 0 Å². The Bertz CT molecular complexity index is 917. The average Bonchev–Trinajstić information content (AvgIpc) is 2.79. The maximum atomic E-state index is 14.4.